The van der Waals surface area contributed by atoms with Gasteiger partial charge in [-0.3, -0.25) is 9.48 Å². The Kier molecular flexibility index (Phi) is 6.73. The van der Waals surface area contributed by atoms with Crippen LogP contribution in [0.15, 0.2) is 79.0 Å². The molecule has 0 aliphatic carbocycles. The van der Waals surface area contributed by atoms with E-state index in [1.165, 1.54) is 12.1 Å². The molecule has 0 bridgehead atoms. The maximum absolute atomic E-state index is 13.3. The summed E-state index contributed by atoms with van der Waals surface area (Å²) in [4.78, 5) is 12.7. The van der Waals surface area contributed by atoms with E-state index in [2.05, 4.69) is 10.4 Å². The number of carbonyl (C=O) groups is 1. The Labute approximate surface area is 194 Å². The molecule has 162 valence electrons. The van der Waals surface area contributed by atoms with Crippen molar-refractivity contribution in [2.75, 3.05) is 5.32 Å². The minimum atomic E-state index is -0.301. The minimum absolute atomic E-state index is 0.241. The first-order valence-electron chi connectivity index (χ1n) is 9.72. The van der Waals surface area contributed by atoms with Gasteiger partial charge in [0.25, 0.3) is 5.91 Å². The summed E-state index contributed by atoms with van der Waals surface area (Å²) in [6, 6.07) is 20.1. The largest absolute Gasteiger partial charge is 0.487 e. The fourth-order valence-electron chi connectivity index (χ4n) is 3.08. The lowest BCUT2D eigenvalue weighted by Gasteiger charge is -2.09. The van der Waals surface area contributed by atoms with Crippen molar-refractivity contribution in [3.05, 3.63) is 112 Å². The van der Waals surface area contributed by atoms with Crippen molar-refractivity contribution < 1.29 is 13.9 Å². The minimum Gasteiger partial charge on any atom is -0.487 e. The smallest absolute Gasteiger partial charge is 0.256 e. The molecule has 4 aromatic rings. The van der Waals surface area contributed by atoms with Crippen molar-refractivity contribution in [2.24, 2.45) is 0 Å². The fourth-order valence-corrected chi connectivity index (χ4v) is 3.55. The Hall–Kier alpha value is -3.35. The summed E-state index contributed by atoms with van der Waals surface area (Å²) >= 11 is 12.0. The zero-order valence-corrected chi connectivity index (χ0v) is 18.3. The van der Waals surface area contributed by atoms with Gasteiger partial charge in [-0.05, 0) is 53.6 Å². The quantitative estimate of drug-likeness (QED) is 0.350. The van der Waals surface area contributed by atoms with E-state index in [9.17, 15) is 9.18 Å². The van der Waals surface area contributed by atoms with E-state index in [0.29, 0.717) is 33.7 Å². The molecule has 0 radical (unpaired) electrons. The number of hydrogen-bond acceptors (Lipinski definition) is 3. The number of nitrogens with zero attached hydrogens (tertiary/aromatic N) is 2. The van der Waals surface area contributed by atoms with Gasteiger partial charge in [0.2, 0.25) is 0 Å². The number of amides is 1. The molecule has 8 heteroatoms. The Balaban J connectivity index is 1.38. The average Bonchev–Trinajstić information content (AvgIpc) is 3.20. The molecule has 1 aromatic heterocycles. The lowest BCUT2D eigenvalue weighted by atomic mass is 10.1. The normalized spacial score (nSPS) is 10.7. The van der Waals surface area contributed by atoms with Crippen molar-refractivity contribution in [3.63, 3.8) is 0 Å². The van der Waals surface area contributed by atoms with Crippen LogP contribution < -0.4 is 10.1 Å². The van der Waals surface area contributed by atoms with Crippen molar-refractivity contribution in [3.8, 4) is 5.75 Å². The lowest BCUT2D eigenvalue weighted by molar-refractivity contribution is 0.102. The molecule has 4 rings (SSSR count). The monoisotopic (exact) mass is 469 g/mol. The Morgan fingerprint density at radius 3 is 2.62 bits per heavy atom. The van der Waals surface area contributed by atoms with Crippen LogP contribution in [0.1, 0.15) is 21.5 Å². The van der Waals surface area contributed by atoms with Crippen molar-refractivity contribution >= 4 is 34.9 Å². The number of nitrogens with one attached hydrogen (secondary N) is 1. The predicted octanol–water partition coefficient (Wildman–Crippen LogP) is 6.21. The van der Waals surface area contributed by atoms with Gasteiger partial charge in [-0.15, -0.1) is 0 Å². The van der Waals surface area contributed by atoms with E-state index >= 15 is 0 Å². The summed E-state index contributed by atoms with van der Waals surface area (Å²) < 4.78 is 20.7. The van der Waals surface area contributed by atoms with Crippen LogP contribution in [0, 0.1) is 5.82 Å². The zero-order chi connectivity index (χ0) is 22.5. The maximum atomic E-state index is 13.3. The van der Waals surface area contributed by atoms with E-state index < -0.39 is 0 Å². The van der Waals surface area contributed by atoms with Crippen LogP contribution in [0.25, 0.3) is 0 Å². The molecule has 0 saturated carbocycles. The standard InChI is InChI=1S/C24H18Cl2FN3O2/c25-19-7-8-22(21(26)13-19)32-15-17-4-1-5-18(11-17)24(31)28-23-9-10-30(29-23)14-16-3-2-6-20(27)12-16/h1-13H,14-15H2,(H,28,29,31). The Morgan fingerprint density at radius 1 is 1.00 bits per heavy atom. The van der Waals surface area contributed by atoms with E-state index in [0.717, 1.165) is 11.1 Å². The second-order valence-electron chi connectivity index (χ2n) is 7.05. The first kappa shape index (κ1) is 21.9. The first-order valence-corrected chi connectivity index (χ1v) is 10.5. The van der Waals surface area contributed by atoms with Crippen molar-refractivity contribution in [1.29, 1.82) is 0 Å². The average molecular weight is 470 g/mol. The topological polar surface area (TPSA) is 56.2 Å². The predicted molar refractivity (Wildman–Crippen MR) is 123 cm³/mol. The Bertz CT molecular complexity index is 1260. The van der Waals surface area contributed by atoms with Gasteiger partial charge in [0.15, 0.2) is 5.82 Å². The number of rotatable bonds is 7. The van der Waals surface area contributed by atoms with Gasteiger partial charge in [0.05, 0.1) is 11.6 Å². The number of hydrogen-bond donors (Lipinski definition) is 1. The van der Waals surface area contributed by atoms with Crippen LogP contribution in [0.3, 0.4) is 0 Å². The SMILES string of the molecule is O=C(Nc1ccn(Cc2cccc(F)c2)n1)c1cccc(COc2ccc(Cl)cc2Cl)c1. The van der Waals surface area contributed by atoms with Crippen molar-refractivity contribution in [2.45, 2.75) is 13.2 Å². The second-order valence-corrected chi connectivity index (χ2v) is 7.89. The molecule has 1 amide bonds. The zero-order valence-electron chi connectivity index (χ0n) is 16.8. The highest BCUT2D eigenvalue weighted by Gasteiger charge is 2.10. The number of aromatic nitrogens is 2. The molecule has 0 aliphatic rings. The highest BCUT2D eigenvalue weighted by Crippen LogP contribution is 2.28. The number of carbonyl (C=O) groups excluding carboxylic acids is 1. The molecule has 0 unspecified atom stereocenters. The molecule has 0 fully saturated rings. The van der Waals surface area contributed by atoms with Gasteiger partial charge in [0.1, 0.15) is 18.2 Å². The van der Waals surface area contributed by atoms with Gasteiger partial charge in [0, 0.05) is 22.8 Å². The molecule has 0 atom stereocenters. The van der Waals surface area contributed by atoms with E-state index in [-0.39, 0.29) is 18.3 Å². The number of ether oxygens (including phenoxy) is 1. The van der Waals surface area contributed by atoms with Crippen LogP contribution >= 0.6 is 23.2 Å². The van der Waals surface area contributed by atoms with E-state index in [1.54, 1.807) is 59.4 Å². The van der Waals surface area contributed by atoms with Crippen LogP contribution in [0.2, 0.25) is 10.0 Å². The molecule has 0 saturated heterocycles. The van der Waals surface area contributed by atoms with E-state index in [1.807, 2.05) is 12.1 Å². The van der Waals surface area contributed by atoms with Crippen LogP contribution in [0.4, 0.5) is 10.2 Å². The molecule has 1 N–H and O–H groups in total. The molecular formula is C24H18Cl2FN3O2. The molecule has 0 aliphatic heterocycles. The molecule has 1 heterocycles. The number of halogens is 3. The molecule has 32 heavy (non-hydrogen) atoms. The first-order chi connectivity index (χ1) is 15.5. The lowest BCUT2D eigenvalue weighted by Crippen LogP contribution is -2.13. The van der Waals surface area contributed by atoms with Gasteiger partial charge < -0.3 is 10.1 Å². The van der Waals surface area contributed by atoms with Gasteiger partial charge in [-0.25, -0.2) is 4.39 Å². The van der Waals surface area contributed by atoms with Gasteiger partial charge >= 0.3 is 0 Å². The highest BCUT2D eigenvalue weighted by molar-refractivity contribution is 6.35. The number of benzene rings is 3. The second kappa shape index (κ2) is 9.85. The van der Waals surface area contributed by atoms with Crippen LogP contribution in [-0.2, 0) is 13.2 Å². The third-order valence-corrected chi connectivity index (χ3v) is 5.12. The Morgan fingerprint density at radius 2 is 1.81 bits per heavy atom. The third-order valence-electron chi connectivity index (χ3n) is 4.59. The van der Waals surface area contributed by atoms with Gasteiger partial charge in [-0.1, -0.05) is 47.5 Å². The highest BCUT2D eigenvalue weighted by atomic mass is 35.5. The summed E-state index contributed by atoms with van der Waals surface area (Å²) in [5.41, 5.74) is 2.05. The summed E-state index contributed by atoms with van der Waals surface area (Å²) in [6.07, 6.45) is 1.72. The molecule has 5 nitrogen and oxygen atoms in total. The summed E-state index contributed by atoms with van der Waals surface area (Å²) in [7, 11) is 0. The maximum Gasteiger partial charge on any atom is 0.256 e. The molecule has 0 spiro atoms. The molecule has 3 aromatic carbocycles. The number of anilines is 1. The van der Waals surface area contributed by atoms with Crippen LogP contribution in [-0.4, -0.2) is 15.7 Å². The van der Waals surface area contributed by atoms with Gasteiger partial charge in [-0.2, -0.15) is 5.10 Å². The summed E-state index contributed by atoms with van der Waals surface area (Å²) in [5.74, 6) is 0.313. The third kappa shape index (κ3) is 5.66. The molecular weight excluding hydrogens is 452 g/mol. The van der Waals surface area contributed by atoms with Crippen molar-refractivity contribution in [1.82, 2.24) is 9.78 Å². The fraction of sp³-hybridized carbons (Fsp3) is 0.0833. The van der Waals surface area contributed by atoms with Crippen LogP contribution in [0.5, 0.6) is 5.75 Å². The summed E-state index contributed by atoms with van der Waals surface area (Å²) in [6.45, 7) is 0.637. The van der Waals surface area contributed by atoms with E-state index in [4.69, 9.17) is 27.9 Å². The summed E-state index contributed by atoms with van der Waals surface area (Å²) in [5, 5.41) is 8.04.